The van der Waals surface area contributed by atoms with Crippen molar-refractivity contribution in [1.82, 2.24) is 5.16 Å². The summed E-state index contributed by atoms with van der Waals surface area (Å²) in [7, 11) is 0. The van der Waals surface area contributed by atoms with Gasteiger partial charge < -0.3 is 9.63 Å². The minimum absolute atomic E-state index is 0.192. The molecule has 0 radical (unpaired) electrons. The molecule has 3 nitrogen and oxygen atoms in total. The van der Waals surface area contributed by atoms with Crippen LogP contribution in [-0.2, 0) is 6.18 Å². The predicted octanol–water partition coefficient (Wildman–Crippen LogP) is 1.75. The maximum Gasteiger partial charge on any atom is 0.436 e. The molecule has 1 aromatic rings. The number of aromatic nitrogens is 1. The normalized spacial score (nSPS) is 14.8. The molecule has 0 amide bonds. The zero-order chi connectivity index (χ0) is 9.35. The van der Waals surface area contributed by atoms with Gasteiger partial charge in [-0.25, -0.2) is 0 Å². The van der Waals surface area contributed by atoms with Gasteiger partial charge in [-0.15, -0.1) is 0 Å². The maximum absolute atomic E-state index is 11.9. The molecule has 1 N–H and O–H groups in total. The molecule has 12 heavy (non-hydrogen) atoms. The number of aliphatic hydroxyl groups excluding tert-OH is 1. The van der Waals surface area contributed by atoms with E-state index in [0.29, 0.717) is 6.07 Å². The standard InChI is InChI=1S/C6H6F3NO2/c1-3(11)4-2-5(10-12-4)6(7,8)9/h2-3,11H,1H3. The first-order valence-electron chi connectivity index (χ1n) is 3.13. The lowest BCUT2D eigenvalue weighted by atomic mass is 10.3. The highest BCUT2D eigenvalue weighted by atomic mass is 19.4. The third-order valence-electron chi connectivity index (χ3n) is 1.23. The molecule has 1 rings (SSSR count). The SMILES string of the molecule is CC(O)c1cc(C(F)(F)F)no1. The van der Waals surface area contributed by atoms with Crippen LogP contribution in [0.2, 0.25) is 0 Å². The quantitative estimate of drug-likeness (QED) is 0.717. The van der Waals surface area contributed by atoms with E-state index in [1.165, 1.54) is 6.92 Å². The highest BCUT2D eigenvalue weighted by Gasteiger charge is 2.35. The van der Waals surface area contributed by atoms with Crippen molar-refractivity contribution in [2.24, 2.45) is 0 Å². The zero-order valence-electron chi connectivity index (χ0n) is 6.09. The molecule has 1 aromatic heterocycles. The Balaban J connectivity index is 2.92. The van der Waals surface area contributed by atoms with Gasteiger partial charge in [0.1, 0.15) is 6.10 Å². The molecule has 0 aliphatic carbocycles. The summed E-state index contributed by atoms with van der Waals surface area (Å²) in [6, 6.07) is 0.671. The predicted molar refractivity (Wildman–Crippen MR) is 32.1 cm³/mol. The molecular formula is C6H6F3NO2. The monoisotopic (exact) mass is 181 g/mol. The van der Waals surface area contributed by atoms with Crippen LogP contribution in [0, 0.1) is 0 Å². The Labute approximate surface area is 65.8 Å². The minimum Gasteiger partial charge on any atom is -0.385 e. The molecule has 0 saturated carbocycles. The lowest BCUT2D eigenvalue weighted by molar-refractivity contribution is -0.142. The van der Waals surface area contributed by atoms with Crippen LogP contribution >= 0.6 is 0 Å². The fourth-order valence-electron chi connectivity index (χ4n) is 0.620. The first-order chi connectivity index (χ1) is 5.41. The topological polar surface area (TPSA) is 46.3 Å². The Kier molecular flexibility index (Phi) is 2.10. The van der Waals surface area contributed by atoms with Gasteiger partial charge in [0.15, 0.2) is 11.5 Å². The first kappa shape index (κ1) is 9.05. The Hall–Kier alpha value is -1.04. The molecule has 1 heterocycles. The van der Waals surface area contributed by atoms with Crippen molar-refractivity contribution >= 4 is 0 Å². The van der Waals surface area contributed by atoms with Gasteiger partial charge >= 0.3 is 6.18 Å². The maximum atomic E-state index is 11.9. The molecule has 6 heteroatoms. The molecule has 0 spiro atoms. The van der Waals surface area contributed by atoms with Crippen molar-refractivity contribution in [3.63, 3.8) is 0 Å². The number of rotatable bonds is 1. The second-order valence-electron chi connectivity index (χ2n) is 2.29. The van der Waals surface area contributed by atoms with Crippen molar-refractivity contribution in [1.29, 1.82) is 0 Å². The van der Waals surface area contributed by atoms with Crippen LogP contribution in [0.25, 0.3) is 0 Å². The summed E-state index contributed by atoms with van der Waals surface area (Å²) >= 11 is 0. The van der Waals surface area contributed by atoms with E-state index in [1.54, 1.807) is 0 Å². The number of aliphatic hydroxyl groups is 1. The summed E-state index contributed by atoms with van der Waals surface area (Å²) in [6.45, 7) is 1.29. The molecule has 1 unspecified atom stereocenters. The van der Waals surface area contributed by atoms with Gasteiger partial charge in [0.05, 0.1) is 0 Å². The van der Waals surface area contributed by atoms with Crippen LogP contribution < -0.4 is 0 Å². The first-order valence-corrected chi connectivity index (χ1v) is 3.13. The molecular weight excluding hydrogens is 175 g/mol. The summed E-state index contributed by atoms with van der Waals surface area (Å²) in [5.41, 5.74) is -1.13. The number of nitrogens with zero attached hydrogens (tertiary/aromatic N) is 1. The van der Waals surface area contributed by atoms with E-state index in [9.17, 15) is 13.2 Å². The lowest BCUT2D eigenvalue weighted by Crippen LogP contribution is -2.04. The Morgan fingerprint density at radius 1 is 1.58 bits per heavy atom. The van der Waals surface area contributed by atoms with E-state index < -0.39 is 18.0 Å². The molecule has 0 saturated heterocycles. The van der Waals surface area contributed by atoms with Crippen molar-refractivity contribution in [2.45, 2.75) is 19.2 Å². The summed E-state index contributed by atoms with van der Waals surface area (Å²) in [6.07, 6.45) is -5.59. The van der Waals surface area contributed by atoms with Crippen LogP contribution in [0.15, 0.2) is 10.6 Å². The van der Waals surface area contributed by atoms with Crippen LogP contribution in [0.3, 0.4) is 0 Å². The van der Waals surface area contributed by atoms with Crippen LogP contribution in [-0.4, -0.2) is 10.3 Å². The highest BCUT2D eigenvalue weighted by Crippen LogP contribution is 2.29. The molecule has 0 aromatic carbocycles. The summed E-state index contributed by atoms with van der Waals surface area (Å²) in [4.78, 5) is 0. The zero-order valence-corrected chi connectivity index (χ0v) is 6.09. The summed E-state index contributed by atoms with van der Waals surface area (Å²) < 4.78 is 39.8. The Morgan fingerprint density at radius 2 is 2.17 bits per heavy atom. The number of hydrogen-bond donors (Lipinski definition) is 1. The Bertz CT molecular complexity index is 266. The van der Waals surface area contributed by atoms with Crippen molar-refractivity contribution < 1.29 is 22.8 Å². The van der Waals surface area contributed by atoms with E-state index in [-0.39, 0.29) is 5.76 Å². The molecule has 1 atom stereocenters. The van der Waals surface area contributed by atoms with Crippen molar-refractivity contribution in [3.05, 3.63) is 17.5 Å². The number of halogens is 3. The lowest BCUT2D eigenvalue weighted by Gasteiger charge is -1.97. The molecule has 0 fully saturated rings. The van der Waals surface area contributed by atoms with Gasteiger partial charge in [-0.2, -0.15) is 13.2 Å². The van der Waals surface area contributed by atoms with Gasteiger partial charge in [0, 0.05) is 6.07 Å². The van der Waals surface area contributed by atoms with E-state index in [4.69, 9.17) is 5.11 Å². The third kappa shape index (κ3) is 1.76. The number of alkyl halides is 3. The largest absolute Gasteiger partial charge is 0.436 e. The minimum atomic E-state index is -4.52. The van der Waals surface area contributed by atoms with Gasteiger partial charge in [-0.05, 0) is 6.92 Å². The second kappa shape index (κ2) is 2.78. The fourth-order valence-corrected chi connectivity index (χ4v) is 0.620. The van der Waals surface area contributed by atoms with Crippen LogP contribution in [0.4, 0.5) is 13.2 Å². The van der Waals surface area contributed by atoms with E-state index in [1.807, 2.05) is 0 Å². The van der Waals surface area contributed by atoms with Gasteiger partial charge in [0.2, 0.25) is 0 Å². The highest BCUT2D eigenvalue weighted by molar-refractivity contribution is 5.09. The summed E-state index contributed by atoms with van der Waals surface area (Å²) in [5.74, 6) is -0.192. The van der Waals surface area contributed by atoms with Crippen molar-refractivity contribution in [2.75, 3.05) is 0 Å². The Morgan fingerprint density at radius 3 is 2.42 bits per heavy atom. The van der Waals surface area contributed by atoms with Crippen LogP contribution in [0.1, 0.15) is 24.5 Å². The van der Waals surface area contributed by atoms with Crippen LogP contribution in [0.5, 0.6) is 0 Å². The average molecular weight is 181 g/mol. The molecule has 68 valence electrons. The third-order valence-corrected chi connectivity index (χ3v) is 1.23. The van der Waals surface area contributed by atoms with Crippen molar-refractivity contribution in [3.8, 4) is 0 Å². The van der Waals surface area contributed by atoms with E-state index in [2.05, 4.69) is 9.68 Å². The van der Waals surface area contributed by atoms with Gasteiger partial charge in [-0.3, -0.25) is 0 Å². The van der Waals surface area contributed by atoms with E-state index in [0.717, 1.165) is 0 Å². The molecule has 0 bridgehead atoms. The molecule has 0 aliphatic heterocycles. The average Bonchev–Trinajstić information content (AvgIpc) is 2.30. The second-order valence-corrected chi connectivity index (χ2v) is 2.29. The van der Waals surface area contributed by atoms with E-state index >= 15 is 0 Å². The van der Waals surface area contributed by atoms with Gasteiger partial charge in [0.25, 0.3) is 0 Å². The smallest absolute Gasteiger partial charge is 0.385 e. The molecule has 0 aliphatic rings. The fraction of sp³-hybridized carbons (Fsp3) is 0.500. The number of hydrogen-bond acceptors (Lipinski definition) is 3. The van der Waals surface area contributed by atoms with Gasteiger partial charge in [-0.1, -0.05) is 5.16 Å². The summed E-state index contributed by atoms with van der Waals surface area (Å²) in [5, 5.41) is 11.6.